The normalized spacial score (nSPS) is 12.1. The van der Waals surface area contributed by atoms with E-state index < -0.39 is 40.3 Å². The van der Waals surface area contributed by atoms with Crippen LogP contribution < -0.4 is 5.32 Å². The van der Waals surface area contributed by atoms with E-state index in [-0.39, 0.29) is 6.54 Å². The van der Waals surface area contributed by atoms with Crippen molar-refractivity contribution in [3.8, 4) is 0 Å². The molecule has 25 heavy (non-hydrogen) atoms. The molecule has 2 rings (SSSR count). The van der Waals surface area contributed by atoms with E-state index in [1.54, 1.807) is 13.8 Å². The number of carbonyl (C=O) groups is 1. The number of carbonyl (C=O) groups excluding carboxylic acids is 1. The van der Waals surface area contributed by atoms with Gasteiger partial charge in [0.1, 0.15) is 0 Å². The molecule has 0 aromatic heterocycles. The summed E-state index contributed by atoms with van der Waals surface area (Å²) in [6.45, 7) is 3.23. The van der Waals surface area contributed by atoms with Crippen molar-refractivity contribution in [3.05, 3.63) is 70.8 Å². The molecule has 7 heteroatoms. The molecule has 1 amide bonds. The molecule has 0 atom stereocenters. The van der Waals surface area contributed by atoms with Gasteiger partial charge in [-0.05, 0) is 23.8 Å². The van der Waals surface area contributed by atoms with Crippen LogP contribution in [0.4, 0.5) is 22.0 Å². The SMILES string of the molecule is CC(C)(CNC(=O)c1cccc(F)c1F)c1cccc(C(F)(F)F)c1. The Morgan fingerprint density at radius 3 is 2.24 bits per heavy atom. The Hall–Kier alpha value is -2.44. The Kier molecular flexibility index (Phi) is 5.15. The minimum Gasteiger partial charge on any atom is -0.351 e. The van der Waals surface area contributed by atoms with Gasteiger partial charge in [0.25, 0.3) is 5.91 Å². The molecule has 0 radical (unpaired) electrons. The third-order valence-electron chi connectivity index (χ3n) is 3.86. The molecule has 2 aromatic carbocycles. The molecule has 134 valence electrons. The van der Waals surface area contributed by atoms with Crippen molar-refractivity contribution >= 4 is 5.91 Å². The van der Waals surface area contributed by atoms with Gasteiger partial charge in [-0.25, -0.2) is 8.78 Å². The lowest BCUT2D eigenvalue weighted by Crippen LogP contribution is -2.37. The molecule has 0 saturated carbocycles. The van der Waals surface area contributed by atoms with Gasteiger partial charge in [-0.1, -0.05) is 38.1 Å². The fraction of sp³-hybridized carbons (Fsp3) is 0.278. The van der Waals surface area contributed by atoms with Gasteiger partial charge in [0.05, 0.1) is 11.1 Å². The lowest BCUT2D eigenvalue weighted by molar-refractivity contribution is -0.137. The zero-order valence-corrected chi connectivity index (χ0v) is 13.5. The lowest BCUT2D eigenvalue weighted by Gasteiger charge is -2.26. The van der Waals surface area contributed by atoms with Crippen LogP contribution in [0, 0.1) is 11.6 Å². The summed E-state index contributed by atoms with van der Waals surface area (Å²) in [5.41, 5.74) is -1.73. The predicted molar refractivity (Wildman–Crippen MR) is 83.2 cm³/mol. The topological polar surface area (TPSA) is 29.1 Å². The van der Waals surface area contributed by atoms with Crippen molar-refractivity contribution in [1.29, 1.82) is 0 Å². The molecule has 0 unspecified atom stereocenters. The summed E-state index contributed by atoms with van der Waals surface area (Å²) in [5, 5.41) is 2.44. The highest BCUT2D eigenvalue weighted by Gasteiger charge is 2.32. The van der Waals surface area contributed by atoms with Crippen LogP contribution >= 0.6 is 0 Å². The van der Waals surface area contributed by atoms with Gasteiger partial charge in [0.2, 0.25) is 0 Å². The van der Waals surface area contributed by atoms with Crippen molar-refractivity contribution in [2.24, 2.45) is 0 Å². The second-order valence-corrected chi connectivity index (χ2v) is 6.25. The van der Waals surface area contributed by atoms with Crippen LogP contribution in [0.5, 0.6) is 0 Å². The van der Waals surface area contributed by atoms with Gasteiger partial charge in [-0.15, -0.1) is 0 Å². The smallest absolute Gasteiger partial charge is 0.351 e. The van der Waals surface area contributed by atoms with E-state index >= 15 is 0 Å². The zero-order valence-electron chi connectivity index (χ0n) is 13.5. The van der Waals surface area contributed by atoms with Crippen LogP contribution in [0.3, 0.4) is 0 Å². The lowest BCUT2D eigenvalue weighted by atomic mass is 9.83. The standard InChI is InChI=1S/C18H16F5NO/c1-17(2,11-5-3-6-12(9-11)18(21,22)23)10-24-16(25)13-7-4-8-14(19)15(13)20/h3-9H,10H2,1-2H3,(H,24,25). The number of alkyl halides is 3. The number of halogens is 5. The molecule has 0 aliphatic heterocycles. The molecule has 2 nitrogen and oxygen atoms in total. The number of benzene rings is 2. The summed E-state index contributed by atoms with van der Waals surface area (Å²) < 4.78 is 65.3. The van der Waals surface area contributed by atoms with Crippen molar-refractivity contribution in [2.45, 2.75) is 25.4 Å². The number of hydrogen-bond donors (Lipinski definition) is 1. The molecule has 0 bridgehead atoms. The monoisotopic (exact) mass is 357 g/mol. The highest BCUT2D eigenvalue weighted by molar-refractivity contribution is 5.94. The zero-order chi connectivity index (χ0) is 18.8. The maximum Gasteiger partial charge on any atom is 0.416 e. The summed E-state index contributed by atoms with van der Waals surface area (Å²) in [6, 6.07) is 7.99. The quantitative estimate of drug-likeness (QED) is 0.790. The first-order valence-corrected chi connectivity index (χ1v) is 7.42. The number of rotatable bonds is 4. The fourth-order valence-corrected chi connectivity index (χ4v) is 2.29. The Bertz CT molecular complexity index is 783. The van der Waals surface area contributed by atoms with Gasteiger partial charge >= 0.3 is 6.18 Å². The van der Waals surface area contributed by atoms with E-state index in [1.807, 2.05) is 0 Å². The first-order chi connectivity index (χ1) is 11.5. The van der Waals surface area contributed by atoms with Crippen molar-refractivity contribution < 1.29 is 26.7 Å². The molecule has 0 spiro atoms. The van der Waals surface area contributed by atoms with E-state index in [1.165, 1.54) is 18.2 Å². The minimum absolute atomic E-state index is 0.0525. The third kappa shape index (κ3) is 4.35. The highest BCUT2D eigenvalue weighted by atomic mass is 19.4. The first-order valence-electron chi connectivity index (χ1n) is 7.42. The van der Waals surface area contributed by atoms with E-state index in [0.717, 1.165) is 24.3 Å². The van der Waals surface area contributed by atoms with Gasteiger partial charge in [-0.3, -0.25) is 4.79 Å². The van der Waals surface area contributed by atoms with Crippen LogP contribution in [-0.4, -0.2) is 12.5 Å². The highest BCUT2D eigenvalue weighted by Crippen LogP contribution is 2.32. The Balaban J connectivity index is 2.16. The summed E-state index contributed by atoms with van der Waals surface area (Å²) in [5.74, 6) is -3.25. The summed E-state index contributed by atoms with van der Waals surface area (Å²) >= 11 is 0. The molecule has 0 aliphatic carbocycles. The van der Waals surface area contributed by atoms with Crippen LogP contribution in [-0.2, 0) is 11.6 Å². The van der Waals surface area contributed by atoms with E-state index in [2.05, 4.69) is 5.32 Å². The molecule has 0 aliphatic rings. The second-order valence-electron chi connectivity index (χ2n) is 6.25. The summed E-state index contributed by atoms with van der Waals surface area (Å²) in [6.07, 6.45) is -4.47. The van der Waals surface area contributed by atoms with Crippen LogP contribution in [0.15, 0.2) is 42.5 Å². The maximum atomic E-state index is 13.6. The fourth-order valence-electron chi connectivity index (χ4n) is 2.29. The molecular weight excluding hydrogens is 341 g/mol. The summed E-state index contributed by atoms with van der Waals surface area (Å²) in [7, 11) is 0. The largest absolute Gasteiger partial charge is 0.416 e. The average Bonchev–Trinajstić information content (AvgIpc) is 2.54. The van der Waals surface area contributed by atoms with Crippen molar-refractivity contribution in [1.82, 2.24) is 5.32 Å². The van der Waals surface area contributed by atoms with E-state index in [0.29, 0.717) is 5.56 Å². The minimum atomic E-state index is -4.47. The molecule has 0 fully saturated rings. The summed E-state index contributed by atoms with van der Waals surface area (Å²) in [4.78, 5) is 12.0. The molecule has 0 heterocycles. The molecule has 0 saturated heterocycles. The van der Waals surface area contributed by atoms with Gasteiger partial charge in [0.15, 0.2) is 11.6 Å². The Morgan fingerprint density at radius 1 is 1.00 bits per heavy atom. The third-order valence-corrected chi connectivity index (χ3v) is 3.86. The first kappa shape index (κ1) is 18.9. The van der Waals surface area contributed by atoms with Crippen molar-refractivity contribution in [2.75, 3.05) is 6.54 Å². The van der Waals surface area contributed by atoms with Crippen molar-refractivity contribution in [3.63, 3.8) is 0 Å². The Labute approximate surface area is 141 Å². The Morgan fingerprint density at radius 2 is 1.60 bits per heavy atom. The van der Waals surface area contributed by atoms with Crippen LogP contribution in [0.1, 0.15) is 35.3 Å². The van der Waals surface area contributed by atoms with E-state index in [9.17, 15) is 26.7 Å². The molecule has 1 N–H and O–H groups in total. The van der Waals surface area contributed by atoms with Crippen LogP contribution in [0.2, 0.25) is 0 Å². The van der Waals surface area contributed by atoms with Gasteiger partial charge in [0, 0.05) is 12.0 Å². The number of amides is 1. The molecular formula is C18H16F5NO. The van der Waals surface area contributed by atoms with Gasteiger partial charge in [-0.2, -0.15) is 13.2 Å². The predicted octanol–water partition coefficient (Wildman–Crippen LogP) is 4.69. The molecule has 2 aromatic rings. The van der Waals surface area contributed by atoms with E-state index in [4.69, 9.17) is 0 Å². The van der Waals surface area contributed by atoms with Crippen LogP contribution in [0.25, 0.3) is 0 Å². The maximum absolute atomic E-state index is 13.6. The number of hydrogen-bond acceptors (Lipinski definition) is 1. The second kappa shape index (κ2) is 6.82. The number of nitrogens with one attached hydrogen (secondary N) is 1. The average molecular weight is 357 g/mol. The van der Waals surface area contributed by atoms with Gasteiger partial charge < -0.3 is 5.32 Å².